The summed E-state index contributed by atoms with van der Waals surface area (Å²) < 4.78 is 22.4. The first kappa shape index (κ1) is 13.7. The Balaban J connectivity index is 3.40. The maximum absolute atomic E-state index is 11.6. The number of hydrogen-bond donors (Lipinski definition) is 0. The Morgan fingerprint density at radius 3 is 2.24 bits per heavy atom. The lowest BCUT2D eigenvalue weighted by atomic mass is 10.2. The lowest BCUT2D eigenvalue weighted by molar-refractivity contribution is 0.111. The van der Waals surface area contributed by atoms with Crippen LogP contribution in [0.5, 0.6) is 11.5 Å². The summed E-state index contributed by atoms with van der Waals surface area (Å²) in [5.41, 5.74) is 0.407. The zero-order chi connectivity index (χ0) is 12.8. The van der Waals surface area contributed by atoms with E-state index in [0.29, 0.717) is 41.5 Å². The molecule has 0 aliphatic carbocycles. The normalized spacial score (nSPS) is 11.9. The number of benzene rings is 1. The second-order valence-electron chi connectivity index (χ2n) is 3.25. The van der Waals surface area contributed by atoms with Gasteiger partial charge in [0.1, 0.15) is 0 Å². The van der Waals surface area contributed by atoms with Gasteiger partial charge < -0.3 is 9.47 Å². The Kier molecular flexibility index (Phi) is 5.15. The van der Waals surface area contributed by atoms with Crippen LogP contribution in [0, 0.1) is 0 Å². The van der Waals surface area contributed by atoms with E-state index in [1.54, 1.807) is 18.4 Å². The zero-order valence-corrected chi connectivity index (χ0v) is 11.0. The minimum atomic E-state index is -1.19. The molecule has 0 saturated heterocycles. The lowest BCUT2D eigenvalue weighted by Gasteiger charge is -2.15. The highest BCUT2D eigenvalue weighted by atomic mass is 32.2. The molecule has 0 radical (unpaired) electrons. The Labute approximate surface area is 103 Å². The molecule has 0 N–H and O–H groups in total. The first-order valence-corrected chi connectivity index (χ1v) is 6.92. The van der Waals surface area contributed by atoms with Gasteiger partial charge in [-0.2, -0.15) is 0 Å². The third-order valence-corrected chi connectivity index (χ3v) is 3.06. The largest absolute Gasteiger partial charge is 0.489 e. The molecule has 17 heavy (non-hydrogen) atoms. The molecule has 1 aromatic rings. The summed E-state index contributed by atoms with van der Waals surface area (Å²) in [7, 11) is -1.19. The summed E-state index contributed by atoms with van der Waals surface area (Å²) in [6.45, 7) is 4.48. The molecule has 1 aromatic carbocycles. The lowest BCUT2D eigenvalue weighted by Crippen LogP contribution is -2.05. The van der Waals surface area contributed by atoms with Crippen molar-refractivity contribution in [3.63, 3.8) is 0 Å². The van der Waals surface area contributed by atoms with Gasteiger partial charge >= 0.3 is 0 Å². The van der Waals surface area contributed by atoms with E-state index in [1.165, 1.54) is 0 Å². The van der Waals surface area contributed by atoms with E-state index >= 15 is 0 Å². The summed E-state index contributed by atoms with van der Waals surface area (Å²) >= 11 is 0. The van der Waals surface area contributed by atoms with Gasteiger partial charge in [0.25, 0.3) is 0 Å². The summed E-state index contributed by atoms with van der Waals surface area (Å²) in [4.78, 5) is 11.5. The van der Waals surface area contributed by atoms with Crippen molar-refractivity contribution in [3.05, 3.63) is 17.7 Å². The van der Waals surface area contributed by atoms with Crippen LogP contribution in [0.15, 0.2) is 17.0 Å². The van der Waals surface area contributed by atoms with Crippen LogP contribution in [0.2, 0.25) is 0 Å². The Morgan fingerprint density at radius 1 is 1.18 bits per heavy atom. The Bertz CT molecular complexity index is 429. The molecular formula is C12H16O4S. The molecule has 0 bridgehead atoms. The van der Waals surface area contributed by atoms with Crippen molar-refractivity contribution in [1.82, 2.24) is 0 Å². The van der Waals surface area contributed by atoms with E-state index in [2.05, 4.69) is 0 Å². The highest BCUT2D eigenvalue weighted by Gasteiger charge is 2.17. The quantitative estimate of drug-likeness (QED) is 0.731. The summed E-state index contributed by atoms with van der Waals surface area (Å²) in [6.07, 6.45) is 2.27. The van der Waals surface area contributed by atoms with Gasteiger partial charge in [-0.1, -0.05) is 0 Å². The number of hydrogen-bond acceptors (Lipinski definition) is 4. The minimum Gasteiger partial charge on any atom is -0.489 e. The van der Waals surface area contributed by atoms with Crippen LogP contribution in [-0.2, 0) is 10.8 Å². The van der Waals surface area contributed by atoms with Crippen molar-refractivity contribution < 1.29 is 18.5 Å². The second-order valence-corrected chi connectivity index (χ2v) is 4.60. The molecule has 1 unspecified atom stereocenters. The third kappa shape index (κ3) is 3.06. The van der Waals surface area contributed by atoms with E-state index in [0.717, 1.165) is 0 Å². The average Bonchev–Trinajstić information content (AvgIpc) is 2.31. The fourth-order valence-electron chi connectivity index (χ4n) is 1.45. The molecule has 1 atom stereocenters. The molecular weight excluding hydrogens is 240 g/mol. The second kappa shape index (κ2) is 6.39. The predicted molar refractivity (Wildman–Crippen MR) is 66.5 cm³/mol. The maximum atomic E-state index is 11.6. The monoisotopic (exact) mass is 256 g/mol. The first-order valence-electron chi connectivity index (χ1n) is 5.36. The number of carbonyl (C=O) groups is 1. The van der Waals surface area contributed by atoms with E-state index < -0.39 is 10.8 Å². The van der Waals surface area contributed by atoms with Crippen LogP contribution in [0.1, 0.15) is 24.2 Å². The molecule has 94 valence electrons. The van der Waals surface area contributed by atoms with Gasteiger partial charge in [-0.3, -0.25) is 9.00 Å². The third-order valence-electron chi connectivity index (χ3n) is 2.12. The number of rotatable bonds is 6. The summed E-state index contributed by atoms with van der Waals surface area (Å²) in [6, 6.07) is 3.23. The molecule has 0 spiro atoms. The van der Waals surface area contributed by atoms with Crippen LogP contribution in [0.3, 0.4) is 0 Å². The smallest absolute Gasteiger partial charge is 0.177 e. The average molecular weight is 256 g/mol. The summed E-state index contributed by atoms with van der Waals surface area (Å²) in [5.74, 6) is 0.775. The molecule has 0 aromatic heterocycles. The maximum Gasteiger partial charge on any atom is 0.177 e. The zero-order valence-electron chi connectivity index (χ0n) is 10.2. The van der Waals surface area contributed by atoms with E-state index in [4.69, 9.17) is 9.47 Å². The van der Waals surface area contributed by atoms with Gasteiger partial charge in [-0.25, -0.2) is 0 Å². The molecule has 0 aliphatic heterocycles. The van der Waals surface area contributed by atoms with Gasteiger partial charge in [-0.05, 0) is 26.0 Å². The SMILES string of the molecule is CCOc1c(C=O)ccc(S(C)=O)c1OCC. The summed E-state index contributed by atoms with van der Waals surface area (Å²) in [5, 5.41) is 0. The number of ether oxygens (including phenoxy) is 2. The van der Waals surface area contributed by atoms with Crippen LogP contribution >= 0.6 is 0 Å². The number of aldehydes is 1. The fraction of sp³-hybridized carbons (Fsp3) is 0.417. The van der Waals surface area contributed by atoms with Crippen molar-refractivity contribution >= 4 is 17.1 Å². The van der Waals surface area contributed by atoms with Crippen molar-refractivity contribution in [2.75, 3.05) is 19.5 Å². The van der Waals surface area contributed by atoms with E-state index in [-0.39, 0.29) is 0 Å². The molecule has 0 fully saturated rings. The standard InChI is InChI=1S/C12H16O4S/c1-4-15-11-9(8-13)6-7-10(17(3)14)12(11)16-5-2/h6-8H,4-5H2,1-3H3. The van der Waals surface area contributed by atoms with Gasteiger partial charge in [0.05, 0.1) is 34.5 Å². The fourth-order valence-corrected chi connectivity index (χ4v) is 2.13. The molecule has 0 aliphatic rings. The van der Waals surface area contributed by atoms with E-state index in [1.807, 2.05) is 13.8 Å². The van der Waals surface area contributed by atoms with Crippen molar-refractivity contribution in [3.8, 4) is 11.5 Å². The van der Waals surface area contributed by atoms with Crippen LogP contribution in [0.4, 0.5) is 0 Å². The first-order chi connectivity index (χ1) is 8.15. The molecule has 1 rings (SSSR count). The van der Waals surface area contributed by atoms with Crippen molar-refractivity contribution in [1.29, 1.82) is 0 Å². The minimum absolute atomic E-state index is 0.372. The molecule has 5 heteroatoms. The van der Waals surface area contributed by atoms with Gasteiger partial charge in [0.15, 0.2) is 17.8 Å². The molecule has 0 heterocycles. The van der Waals surface area contributed by atoms with E-state index in [9.17, 15) is 9.00 Å². The molecule has 0 amide bonds. The van der Waals surface area contributed by atoms with Crippen LogP contribution in [0.25, 0.3) is 0 Å². The topological polar surface area (TPSA) is 52.6 Å². The van der Waals surface area contributed by atoms with Gasteiger partial charge in [0.2, 0.25) is 0 Å². The van der Waals surface area contributed by atoms with Crippen molar-refractivity contribution in [2.24, 2.45) is 0 Å². The van der Waals surface area contributed by atoms with Gasteiger partial charge in [0, 0.05) is 6.26 Å². The predicted octanol–water partition coefficient (Wildman–Crippen LogP) is 2.03. The van der Waals surface area contributed by atoms with Crippen molar-refractivity contribution in [2.45, 2.75) is 18.7 Å². The highest BCUT2D eigenvalue weighted by molar-refractivity contribution is 7.84. The highest BCUT2D eigenvalue weighted by Crippen LogP contribution is 2.36. The molecule has 0 saturated carbocycles. The Hall–Kier alpha value is -1.36. The number of carbonyl (C=O) groups excluding carboxylic acids is 1. The van der Waals surface area contributed by atoms with Crippen LogP contribution < -0.4 is 9.47 Å². The van der Waals surface area contributed by atoms with Crippen LogP contribution in [-0.4, -0.2) is 30.0 Å². The van der Waals surface area contributed by atoms with Gasteiger partial charge in [-0.15, -0.1) is 0 Å². The Morgan fingerprint density at radius 2 is 1.76 bits per heavy atom. The molecule has 4 nitrogen and oxygen atoms in total.